The number of benzene rings is 3. The van der Waals surface area contributed by atoms with Crippen molar-refractivity contribution >= 4 is 22.6 Å². The van der Waals surface area contributed by atoms with Crippen LogP contribution in [-0.2, 0) is 0 Å². The number of rotatable bonds is 5. The number of hydrogen-bond donors (Lipinski definition) is 0. The number of methoxy groups -OCH3 is 1. The molecule has 5 aromatic rings. The molecule has 0 saturated heterocycles. The zero-order chi connectivity index (χ0) is 21.0. The molecular formula is C28H22N2O. The minimum atomic E-state index is 0.838. The molecule has 150 valence electrons. The lowest BCUT2D eigenvalue weighted by molar-refractivity contribution is 0.415. The maximum absolute atomic E-state index is 5.48. The highest BCUT2D eigenvalue weighted by atomic mass is 16.5. The second-order valence-corrected chi connectivity index (χ2v) is 7.31. The molecule has 0 N–H and O–H groups in total. The maximum Gasteiger partial charge on any atom is 0.137 e. The Morgan fingerprint density at radius 3 is 2.26 bits per heavy atom. The second-order valence-electron chi connectivity index (χ2n) is 7.31. The van der Waals surface area contributed by atoms with Crippen molar-refractivity contribution in [1.29, 1.82) is 0 Å². The smallest absolute Gasteiger partial charge is 0.137 e. The van der Waals surface area contributed by atoms with Crippen LogP contribution in [0.15, 0.2) is 109 Å². The van der Waals surface area contributed by atoms with Gasteiger partial charge >= 0.3 is 0 Å². The van der Waals surface area contributed by atoms with E-state index >= 15 is 0 Å². The fourth-order valence-electron chi connectivity index (χ4n) is 3.89. The van der Waals surface area contributed by atoms with E-state index in [9.17, 15) is 0 Å². The van der Waals surface area contributed by atoms with Gasteiger partial charge in [-0.05, 0) is 53.6 Å². The van der Waals surface area contributed by atoms with Gasteiger partial charge in [0.2, 0.25) is 0 Å². The predicted molar refractivity (Wildman–Crippen MR) is 127 cm³/mol. The molecule has 3 nitrogen and oxygen atoms in total. The van der Waals surface area contributed by atoms with Crippen LogP contribution in [-0.4, -0.2) is 16.7 Å². The summed E-state index contributed by atoms with van der Waals surface area (Å²) < 4.78 is 7.70. The van der Waals surface area contributed by atoms with Crippen molar-refractivity contribution in [3.63, 3.8) is 0 Å². The van der Waals surface area contributed by atoms with E-state index in [1.165, 1.54) is 0 Å². The molecule has 0 saturated carbocycles. The summed E-state index contributed by atoms with van der Waals surface area (Å²) >= 11 is 0. The number of aromatic nitrogens is 2. The molecule has 0 atom stereocenters. The Bertz CT molecular complexity index is 1340. The fourth-order valence-corrected chi connectivity index (χ4v) is 3.89. The van der Waals surface area contributed by atoms with Gasteiger partial charge in [0, 0.05) is 17.2 Å². The van der Waals surface area contributed by atoms with E-state index in [0.717, 1.165) is 44.9 Å². The third-order valence-electron chi connectivity index (χ3n) is 5.36. The second kappa shape index (κ2) is 8.33. The summed E-state index contributed by atoms with van der Waals surface area (Å²) in [6.45, 7) is 0. The van der Waals surface area contributed by atoms with Crippen molar-refractivity contribution in [3.05, 3.63) is 126 Å². The Morgan fingerprint density at radius 2 is 1.55 bits per heavy atom. The Labute approximate surface area is 181 Å². The molecule has 2 heterocycles. The fraction of sp³-hybridized carbons (Fsp3) is 0.0357. The summed E-state index contributed by atoms with van der Waals surface area (Å²) in [7, 11) is 1.70. The number of nitrogens with zero attached hydrogens (tertiary/aromatic N) is 2. The highest BCUT2D eigenvalue weighted by Gasteiger charge is 2.17. The topological polar surface area (TPSA) is 27.1 Å². The van der Waals surface area contributed by atoms with Gasteiger partial charge in [-0.2, -0.15) is 0 Å². The molecule has 2 aromatic heterocycles. The van der Waals surface area contributed by atoms with Crippen molar-refractivity contribution in [2.75, 3.05) is 7.11 Å². The molecule has 0 aliphatic rings. The zero-order valence-electron chi connectivity index (χ0n) is 17.3. The van der Waals surface area contributed by atoms with Gasteiger partial charge in [0.25, 0.3) is 0 Å². The van der Waals surface area contributed by atoms with Crippen LogP contribution in [0, 0.1) is 0 Å². The monoisotopic (exact) mass is 402 g/mol. The van der Waals surface area contributed by atoms with Crippen LogP contribution in [0.2, 0.25) is 0 Å². The first-order valence-electron chi connectivity index (χ1n) is 10.3. The van der Waals surface area contributed by atoms with Crippen molar-refractivity contribution < 1.29 is 4.74 Å². The Hall–Kier alpha value is -4.11. The molecular weight excluding hydrogens is 380 g/mol. The Balaban J connectivity index is 1.83. The Morgan fingerprint density at radius 1 is 0.806 bits per heavy atom. The molecule has 0 fully saturated rings. The first-order valence-corrected chi connectivity index (χ1v) is 10.3. The van der Waals surface area contributed by atoms with Crippen LogP contribution in [0.1, 0.15) is 16.8 Å². The van der Waals surface area contributed by atoms with E-state index in [4.69, 9.17) is 4.74 Å². The largest absolute Gasteiger partial charge is 0.497 e. The molecule has 31 heavy (non-hydrogen) atoms. The average molecular weight is 402 g/mol. The van der Waals surface area contributed by atoms with E-state index in [2.05, 4.69) is 82.4 Å². The van der Waals surface area contributed by atoms with Gasteiger partial charge in [0.1, 0.15) is 11.6 Å². The Kier molecular flexibility index (Phi) is 5.07. The molecule has 0 spiro atoms. The van der Waals surface area contributed by atoms with Crippen LogP contribution in [0.5, 0.6) is 5.75 Å². The summed E-state index contributed by atoms with van der Waals surface area (Å²) in [5.41, 5.74) is 5.60. The summed E-state index contributed by atoms with van der Waals surface area (Å²) in [4.78, 5) is 4.66. The first-order chi connectivity index (χ1) is 15.3. The van der Waals surface area contributed by atoms with E-state index in [0.29, 0.717) is 0 Å². The molecule has 0 amide bonds. The number of ether oxygens (including phenoxy) is 1. The van der Waals surface area contributed by atoms with Crippen LogP contribution in [0.4, 0.5) is 0 Å². The third kappa shape index (κ3) is 3.74. The minimum absolute atomic E-state index is 0.838. The van der Waals surface area contributed by atoms with E-state index in [1.54, 1.807) is 7.11 Å². The maximum atomic E-state index is 5.48. The number of pyridine rings is 1. The molecule has 0 bridgehead atoms. The molecule has 0 aliphatic heterocycles. The molecule has 0 aliphatic carbocycles. The minimum Gasteiger partial charge on any atom is -0.497 e. The van der Waals surface area contributed by atoms with Gasteiger partial charge in [-0.25, -0.2) is 4.98 Å². The van der Waals surface area contributed by atoms with Crippen LogP contribution < -0.4 is 4.74 Å². The highest BCUT2D eigenvalue weighted by Crippen LogP contribution is 2.34. The molecule has 3 heteroatoms. The van der Waals surface area contributed by atoms with Gasteiger partial charge < -0.3 is 4.74 Å². The lowest BCUT2D eigenvalue weighted by atomic mass is 9.99. The van der Waals surface area contributed by atoms with Crippen molar-refractivity contribution in [3.8, 4) is 11.6 Å². The quantitative estimate of drug-likeness (QED) is 0.309. The van der Waals surface area contributed by atoms with E-state index < -0.39 is 0 Å². The summed E-state index contributed by atoms with van der Waals surface area (Å²) in [5, 5.41) is 1.11. The molecule has 0 unspecified atom stereocenters. The number of fused-ring (bicyclic) bond motifs is 1. The van der Waals surface area contributed by atoms with Gasteiger partial charge in [-0.3, -0.25) is 4.57 Å². The highest BCUT2D eigenvalue weighted by molar-refractivity contribution is 5.97. The lowest BCUT2D eigenvalue weighted by Crippen LogP contribution is -2.02. The van der Waals surface area contributed by atoms with E-state index in [-0.39, 0.29) is 0 Å². The van der Waals surface area contributed by atoms with Gasteiger partial charge in [-0.15, -0.1) is 0 Å². The van der Waals surface area contributed by atoms with Crippen LogP contribution >= 0.6 is 0 Å². The number of hydrogen-bond acceptors (Lipinski definition) is 2. The summed E-state index contributed by atoms with van der Waals surface area (Å²) in [6.07, 6.45) is 4.07. The van der Waals surface area contributed by atoms with Crippen molar-refractivity contribution in [2.45, 2.75) is 0 Å². The molecule has 3 aromatic carbocycles. The average Bonchev–Trinajstić information content (AvgIpc) is 3.22. The molecule has 5 rings (SSSR count). The summed E-state index contributed by atoms with van der Waals surface area (Å²) in [5.74, 6) is 1.72. The van der Waals surface area contributed by atoms with Gasteiger partial charge in [0.15, 0.2) is 0 Å². The van der Waals surface area contributed by atoms with Gasteiger partial charge in [-0.1, -0.05) is 66.7 Å². The lowest BCUT2D eigenvalue weighted by Gasteiger charge is -2.14. The van der Waals surface area contributed by atoms with Crippen molar-refractivity contribution in [2.24, 2.45) is 0 Å². The normalized spacial score (nSPS) is 11.6. The SMILES string of the molecule is COc1ccc2c(c1)cc(/C(=C/c1ccccc1)c1ccccc1)n2-c1ccccn1. The molecule has 0 radical (unpaired) electrons. The zero-order valence-corrected chi connectivity index (χ0v) is 17.3. The first kappa shape index (κ1) is 18.9. The van der Waals surface area contributed by atoms with Crippen LogP contribution in [0.3, 0.4) is 0 Å². The van der Waals surface area contributed by atoms with Gasteiger partial charge in [0.05, 0.1) is 18.3 Å². The van der Waals surface area contributed by atoms with E-state index in [1.807, 2.05) is 42.6 Å². The summed E-state index contributed by atoms with van der Waals surface area (Å²) in [6, 6.07) is 35.3. The van der Waals surface area contributed by atoms with Crippen LogP contribution in [0.25, 0.3) is 28.4 Å². The standard InChI is InChI=1S/C28H22N2O/c1-31-24-15-16-26-23(19-24)20-27(30(26)28-14-8-9-17-29-28)25(22-12-6-3-7-13-22)18-21-10-4-2-5-11-21/h2-20H,1H3/b25-18+. The van der Waals surface area contributed by atoms with Crippen molar-refractivity contribution in [1.82, 2.24) is 9.55 Å². The predicted octanol–water partition coefficient (Wildman–Crippen LogP) is 6.62. The third-order valence-corrected chi connectivity index (χ3v) is 5.36.